The Hall–Kier alpha value is 0.711. The predicted octanol–water partition coefficient (Wildman–Crippen LogP) is 4.15. The molecule has 0 aliphatic rings. The largest absolute Gasteiger partial charge is 0.413 e. The van der Waals surface area contributed by atoms with Gasteiger partial charge in [0.05, 0.1) is 18.0 Å². The third-order valence-corrected chi connectivity index (χ3v) is 11.7. The zero-order valence-electron chi connectivity index (χ0n) is 16.8. The van der Waals surface area contributed by atoms with E-state index in [1.165, 1.54) is 0 Å². The van der Waals surface area contributed by atoms with Gasteiger partial charge in [-0.05, 0) is 58.9 Å². The first-order valence-electron chi connectivity index (χ1n) is 8.06. The molecule has 0 amide bonds. The minimum atomic E-state index is -3.43. The van der Waals surface area contributed by atoms with Crippen LogP contribution in [-0.4, -0.2) is 57.6 Å². The molecule has 0 radical (unpaired) electrons. The van der Waals surface area contributed by atoms with E-state index in [0.717, 1.165) is 6.26 Å². The molecule has 0 saturated carbocycles. The molecule has 0 bridgehead atoms. The van der Waals surface area contributed by atoms with Gasteiger partial charge < -0.3 is 12.9 Å². The fraction of sp³-hybridized carbons (Fsp3) is 1.00. The topological polar surface area (TPSA) is 78.9 Å². The minimum Gasteiger partial charge on any atom is -0.413 e. The lowest BCUT2D eigenvalue weighted by Gasteiger charge is -2.34. The molecule has 0 aromatic carbocycles. The van der Waals surface area contributed by atoms with E-state index in [-0.39, 0.29) is 11.9 Å². The molecule has 0 heterocycles. The average molecular weight is 435 g/mol. The summed E-state index contributed by atoms with van der Waals surface area (Å²) in [5.41, 5.74) is 0. The van der Waals surface area contributed by atoms with Gasteiger partial charge >= 0.3 is 7.60 Å². The average Bonchev–Trinajstić information content (AvgIpc) is 2.00. The van der Waals surface area contributed by atoms with Crippen molar-refractivity contribution in [2.24, 2.45) is 0 Å². The molecule has 6 nitrogen and oxygen atoms in total. The highest BCUT2D eigenvalue weighted by Gasteiger charge is 2.40. The summed E-state index contributed by atoms with van der Waals surface area (Å²) in [7, 11) is -13.0. The Morgan fingerprint density at radius 3 is 1.46 bits per heavy atom. The Morgan fingerprint density at radius 1 is 0.833 bits per heavy atom. The van der Waals surface area contributed by atoms with Crippen LogP contribution in [-0.2, 0) is 27.3 Å². The maximum absolute atomic E-state index is 13.4. The highest BCUT2D eigenvalue weighted by molar-refractivity contribution is 7.90. The Balaban J connectivity index is 5.60. The molecule has 0 aromatic heterocycles. The van der Waals surface area contributed by atoms with Crippen LogP contribution in [0.15, 0.2) is 0 Å². The first-order valence-corrected chi connectivity index (χ1v) is 22.1. The first kappa shape index (κ1) is 24.7. The molecular weight excluding hydrogens is 399 g/mol. The molecule has 146 valence electrons. The summed E-state index contributed by atoms with van der Waals surface area (Å²) in [5.74, 6) is -0.175. The van der Waals surface area contributed by atoms with E-state index >= 15 is 0 Å². The van der Waals surface area contributed by atoms with Gasteiger partial charge in [-0.1, -0.05) is 0 Å². The summed E-state index contributed by atoms with van der Waals surface area (Å²) in [6.07, 6.45) is 0.473. The fourth-order valence-electron chi connectivity index (χ4n) is 2.14. The molecule has 11 heteroatoms. The Labute approximate surface area is 151 Å². The Kier molecular flexibility index (Phi) is 8.40. The third-order valence-electron chi connectivity index (χ3n) is 2.26. The SMILES string of the molecule is C[Si](C)(C)OC(CP(=O)(O[Si](C)(C)C)O[Si](C)(C)C)CS(C)(=O)=O. The van der Waals surface area contributed by atoms with E-state index in [0.29, 0.717) is 0 Å². The monoisotopic (exact) mass is 434 g/mol. The number of hydrogen-bond donors (Lipinski definition) is 0. The van der Waals surface area contributed by atoms with Gasteiger partial charge in [0.1, 0.15) is 9.84 Å². The van der Waals surface area contributed by atoms with Gasteiger partial charge in [-0.25, -0.2) is 8.42 Å². The molecule has 0 aromatic rings. The molecule has 0 N–H and O–H groups in total. The van der Waals surface area contributed by atoms with E-state index < -0.39 is 48.5 Å². The van der Waals surface area contributed by atoms with Crippen LogP contribution >= 0.6 is 7.60 Å². The van der Waals surface area contributed by atoms with E-state index in [1.807, 2.05) is 58.9 Å². The number of sulfone groups is 1. The first-order chi connectivity index (χ1) is 10.2. The summed E-state index contributed by atoms with van der Waals surface area (Å²) in [5, 5.41) is 0. The maximum Gasteiger partial charge on any atom is 0.314 e. The van der Waals surface area contributed by atoms with Gasteiger partial charge in [-0.15, -0.1) is 0 Å². The zero-order valence-corrected chi connectivity index (χ0v) is 21.5. The van der Waals surface area contributed by atoms with Gasteiger partial charge in [0.15, 0.2) is 25.0 Å². The van der Waals surface area contributed by atoms with Crippen LogP contribution in [0.4, 0.5) is 0 Å². The second-order valence-corrected chi connectivity index (χ2v) is 27.3. The molecule has 0 aliphatic carbocycles. The van der Waals surface area contributed by atoms with Crippen molar-refractivity contribution in [2.45, 2.75) is 65.0 Å². The highest BCUT2D eigenvalue weighted by atomic mass is 32.2. The minimum absolute atomic E-state index is 0.0150. The molecular formula is C13H35O6PSSi3. The lowest BCUT2D eigenvalue weighted by molar-refractivity contribution is 0.230. The molecule has 0 saturated heterocycles. The third kappa shape index (κ3) is 13.9. The van der Waals surface area contributed by atoms with Crippen molar-refractivity contribution in [3.8, 4) is 0 Å². The van der Waals surface area contributed by atoms with Crippen molar-refractivity contribution in [1.29, 1.82) is 0 Å². The van der Waals surface area contributed by atoms with E-state index in [4.69, 9.17) is 12.9 Å². The molecule has 0 fully saturated rings. The zero-order chi connectivity index (χ0) is 19.6. The molecule has 1 atom stereocenters. The maximum atomic E-state index is 13.4. The normalized spacial score (nSPS) is 16.2. The van der Waals surface area contributed by atoms with Gasteiger partial charge in [-0.3, -0.25) is 4.57 Å². The van der Waals surface area contributed by atoms with Crippen LogP contribution in [0.1, 0.15) is 0 Å². The van der Waals surface area contributed by atoms with Gasteiger partial charge in [0.25, 0.3) is 0 Å². The molecule has 0 rings (SSSR count). The van der Waals surface area contributed by atoms with E-state index in [2.05, 4.69) is 0 Å². The highest BCUT2D eigenvalue weighted by Crippen LogP contribution is 2.53. The van der Waals surface area contributed by atoms with Crippen molar-refractivity contribution in [3.05, 3.63) is 0 Å². The second kappa shape index (κ2) is 8.16. The molecule has 0 aliphatic heterocycles. The lowest BCUT2D eigenvalue weighted by Crippen LogP contribution is -2.40. The van der Waals surface area contributed by atoms with Crippen molar-refractivity contribution >= 4 is 42.4 Å². The Morgan fingerprint density at radius 2 is 1.21 bits per heavy atom. The lowest BCUT2D eigenvalue weighted by atomic mass is 10.5. The van der Waals surface area contributed by atoms with Gasteiger partial charge in [-0.2, -0.15) is 0 Å². The van der Waals surface area contributed by atoms with Gasteiger partial charge in [0, 0.05) is 6.26 Å². The number of rotatable bonds is 10. The van der Waals surface area contributed by atoms with Crippen LogP contribution in [0.2, 0.25) is 58.9 Å². The molecule has 24 heavy (non-hydrogen) atoms. The van der Waals surface area contributed by atoms with E-state index in [9.17, 15) is 13.0 Å². The summed E-state index contributed by atoms with van der Waals surface area (Å²) < 4.78 is 54.7. The summed E-state index contributed by atoms with van der Waals surface area (Å²) in [6, 6.07) is 0. The fourth-order valence-corrected chi connectivity index (χ4v) is 13.1. The summed E-state index contributed by atoms with van der Waals surface area (Å²) in [6.45, 7) is 17.6. The summed E-state index contributed by atoms with van der Waals surface area (Å²) in [4.78, 5) is 0. The van der Waals surface area contributed by atoms with Crippen molar-refractivity contribution < 1.29 is 25.8 Å². The Bertz CT molecular complexity index is 540. The summed E-state index contributed by atoms with van der Waals surface area (Å²) >= 11 is 0. The van der Waals surface area contributed by atoms with Crippen LogP contribution in [0.5, 0.6) is 0 Å². The van der Waals surface area contributed by atoms with Crippen LogP contribution in [0.25, 0.3) is 0 Å². The van der Waals surface area contributed by atoms with Crippen molar-refractivity contribution in [3.63, 3.8) is 0 Å². The predicted molar refractivity (Wildman–Crippen MR) is 109 cm³/mol. The number of hydrogen-bond acceptors (Lipinski definition) is 6. The van der Waals surface area contributed by atoms with Crippen LogP contribution in [0.3, 0.4) is 0 Å². The molecule has 1 unspecified atom stereocenters. The standard InChI is InChI=1S/C13H35O6PSSi3/c1-21(15,16)12-13(17-22(2,3)4)11-20(14,18-23(5,6)7)19-24(8,9)10/h13H,11-12H2,1-10H3. The smallest absolute Gasteiger partial charge is 0.314 e. The van der Waals surface area contributed by atoms with Gasteiger partial charge in [0.2, 0.25) is 0 Å². The molecule has 0 spiro atoms. The van der Waals surface area contributed by atoms with Crippen molar-refractivity contribution in [1.82, 2.24) is 0 Å². The van der Waals surface area contributed by atoms with Crippen molar-refractivity contribution in [2.75, 3.05) is 18.2 Å². The van der Waals surface area contributed by atoms with E-state index in [1.54, 1.807) is 0 Å². The van der Waals surface area contributed by atoms with Crippen LogP contribution < -0.4 is 0 Å². The van der Waals surface area contributed by atoms with Crippen LogP contribution in [0, 0.1) is 0 Å². The second-order valence-electron chi connectivity index (χ2n) is 9.15. The quantitative estimate of drug-likeness (QED) is 0.380.